The molecule has 1 saturated heterocycles. The summed E-state index contributed by atoms with van der Waals surface area (Å²) in [4.78, 5) is 26.0. The molecule has 0 aliphatic carbocycles. The highest BCUT2D eigenvalue weighted by atomic mass is 16.5. The predicted octanol–water partition coefficient (Wildman–Crippen LogP) is -0.275. The molecule has 0 saturated carbocycles. The van der Waals surface area contributed by atoms with Crippen molar-refractivity contribution in [3.63, 3.8) is 0 Å². The number of rotatable bonds is 6. The number of nitrogens with two attached hydrogens (primary N) is 1. The van der Waals surface area contributed by atoms with E-state index >= 15 is 0 Å². The quantitative estimate of drug-likeness (QED) is 0.696. The van der Waals surface area contributed by atoms with Crippen molar-refractivity contribution in [1.82, 2.24) is 10.2 Å². The van der Waals surface area contributed by atoms with E-state index in [4.69, 9.17) is 10.5 Å². The minimum atomic E-state index is -0.521. The van der Waals surface area contributed by atoms with Crippen LogP contribution in [-0.2, 0) is 14.3 Å². The second-order valence-electron chi connectivity index (χ2n) is 4.74. The molecule has 2 unspecified atom stereocenters. The van der Waals surface area contributed by atoms with E-state index in [1.54, 1.807) is 4.90 Å². The molecular formula is C13H25N3O3. The summed E-state index contributed by atoms with van der Waals surface area (Å²) in [5.74, 6) is -0.369. The van der Waals surface area contributed by atoms with Gasteiger partial charge in [0.2, 0.25) is 11.8 Å². The number of ether oxygens (including phenoxy) is 1. The molecule has 0 radical (unpaired) electrons. The number of nitrogens with one attached hydrogen (secondary N) is 1. The van der Waals surface area contributed by atoms with Gasteiger partial charge in [-0.05, 0) is 13.3 Å². The smallest absolute Gasteiger partial charge is 0.245 e. The second kappa shape index (κ2) is 8.12. The van der Waals surface area contributed by atoms with E-state index in [1.165, 1.54) is 0 Å². The molecule has 2 amide bonds. The number of carbonyl (C=O) groups excluding carboxylic acids is 2. The summed E-state index contributed by atoms with van der Waals surface area (Å²) in [6.45, 7) is 5.95. The number of amides is 2. The Morgan fingerprint density at radius 2 is 2.21 bits per heavy atom. The van der Waals surface area contributed by atoms with Gasteiger partial charge in [0.15, 0.2) is 0 Å². The Morgan fingerprint density at radius 3 is 2.79 bits per heavy atom. The molecule has 19 heavy (non-hydrogen) atoms. The van der Waals surface area contributed by atoms with E-state index in [0.717, 1.165) is 12.8 Å². The summed E-state index contributed by atoms with van der Waals surface area (Å²) in [5.41, 5.74) is 5.67. The maximum atomic E-state index is 12.4. The average Bonchev–Trinajstić information content (AvgIpc) is 2.44. The second-order valence-corrected chi connectivity index (χ2v) is 4.74. The van der Waals surface area contributed by atoms with Crippen LogP contribution in [0.3, 0.4) is 0 Å². The van der Waals surface area contributed by atoms with Crippen LogP contribution in [0.1, 0.15) is 26.7 Å². The lowest BCUT2D eigenvalue weighted by atomic mass is 10.0. The third-order valence-electron chi connectivity index (χ3n) is 3.34. The fraction of sp³-hybridized carbons (Fsp3) is 0.846. The molecule has 1 aliphatic heterocycles. The average molecular weight is 271 g/mol. The maximum Gasteiger partial charge on any atom is 0.245 e. The number of hydrogen-bond acceptors (Lipinski definition) is 4. The summed E-state index contributed by atoms with van der Waals surface area (Å²) < 4.78 is 5.32. The minimum absolute atomic E-state index is 0.0242. The van der Waals surface area contributed by atoms with Crippen LogP contribution < -0.4 is 11.1 Å². The van der Waals surface area contributed by atoms with Crippen molar-refractivity contribution in [2.24, 2.45) is 11.7 Å². The molecule has 3 N–H and O–H groups in total. The number of morpholine rings is 1. The fourth-order valence-corrected chi connectivity index (χ4v) is 2.30. The van der Waals surface area contributed by atoms with Gasteiger partial charge in [0.1, 0.15) is 6.04 Å². The third kappa shape index (κ3) is 4.18. The Balaban J connectivity index is 2.75. The monoisotopic (exact) mass is 271 g/mol. The lowest BCUT2D eigenvalue weighted by molar-refractivity contribution is -0.151. The summed E-state index contributed by atoms with van der Waals surface area (Å²) in [6, 6.07) is -0.521. The summed E-state index contributed by atoms with van der Waals surface area (Å²) in [5, 5.41) is 2.74. The van der Waals surface area contributed by atoms with Gasteiger partial charge in [-0.1, -0.05) is 13.3 Å². The van der Waals surface area contributed by atoms with Crippen LogP contribution in [0.25, 0.3) is 0 Å². The van der Waals surface area contributed by atoms with Crippen molar-refractivity contribution in [2.75, 3.05) is 32.8 Å². The molecule has 0 aromatic carbocycles. The third-order valence-corrected chi connectivity index (χ3v) is 3.34. The molecular weight excluding hydrogens is 246 g/mol. The van der Waals surface area contributed by atoms with Crippen LogP contribution in [-0.4, -0.2) is 55.6 Å². The summed E-state index contributed by atoms with van der Waals surface area (Å²) in [7, 11) is 0. The molecule has 6 nitrogen and oxygen atoms in total. The van der Waals surface area contributed by atoms with Crippen LogP contribution in [0, 0.1) is 5.92 Å². The van der Waals surface area contributed by atoms with Gasteiger partial charge in [-0.2, -0.15) is 0 Å². The molecule has 2 atom stereocenters. The van der Waals surface area contributed by atoms with Crippen molar-refractivity contribution in [2.45, 2.75) is 32.7 Å². The lowest BCUT2D eigenvalue weighted by Gasteiger charge is -2.36. The number of hydrogen-bond donors (Lipinski definition) is 2. The first-order valence-corrected chi connectivity index (χ1v) is 7.01. The SMILES string of the molecule is CCCC(CN)C(=O)N1CCOCC1C(=O)NCC. The largest absolute Gasteiger partial charge is 0.377 e. The molecule has 1 aliphatic rings. The van der Waals surface area contributed by atoms with E-state index in [2.05, 4.69) is 5.32 Å². The van der Waals surface area contributed by atoms with E-state index in [0.29, 0.717) is 26.2 Å². The number of carbonyl (C=O) groups is 2. The molecule has 0 bridgehead atoms. The van der Waals surface area contributed by atoms with E-state index in [9.17, 15) is 9.59 Å². The Hall–Kier alpha value is -1.14. The predicted molar refractivity (Wildman–Crippen MR) is 72.5 cm³/mol. The summed E-state index contributed by atoms with van der Waals surface area (Å²) >= 11 is 0. The van der Waals surface area contributed by atoms with Gasteiger partial charge in [-0.3, -0.25) is 9.59 Å². The van der Waals surface area contributed by atoms with Crippen molar-refractivity contribution in [3.05, 3.63) is 0 Å². The molecule has 1 heterocycles. The molecule has 0 aromatic rings. The maximum absolute atomic E-state index is 12.4. The Labute approximate surface area is 114 Å². The van der Waals surface area contributed by atoms with Crippen molar-refractivity contribution < 1.29 is 14.3 Å². The first kappa shape index (κ1) is 15.9. The topological polar surface area (TPSA) is 84.7 Å². The van der Waals surface area contributed by atoms with Crippen LogP contribution in [0.4, 0.5) is 0 Å². The van der Waals surface area contributed by atoms with Gasteiger partial charge in [-0.15, -0.1) is 0 Å². The Kier molecular flexibility index (Phi) is 6.80. The standard InChI is InChI=1S/C13H25N3O3/c1-3-5-10(8-14)13(18)16-6-7-19-9-11(16)12(17)15-4-2/h10-11H,3-9,14H2,1-2H3,(H,15,17). The van der Waals surface area contributed by atoms with Crippen LogP contribution >= 0.6 is 0 Å². The molecule has 6 heteroatoms. The van der Waals surface area contributed by atoms with Crippen molar-refractivity contribution in [1.29, 1.82) is 0 Å². The highest BCUT2D eigenvalue weighted by Crippen LogP contribution is 2.15. The molecule has 0 aromatic heterocycles. The normalized spacial score (nSPS) is 21.0. The van der Waals surface area contributed by atoms with E-state index in [-0.39, 0.29) is 24.3 Å². The molecule has 1 rings (SSSR count). The molecule has 110 valence electrons. The van der Waals surface area contributed by atoms with Gasteiger partial charge in [-0.25, -0.2) is 0 Å². The van der Waals surface area contributed by atoms with Crippen LogP contribution in [0.15, 0.2) is 0 Å². The highest BCUT2D eigenvalue weighted by Gasteiger charge is 2.35. The molecule has 0 spiro atoms. The van der Waals surface area contributed by atoms with Gasteiger partial charge >= 0.3 is 0 Å². The van der Waals surface area contributed by atoms with Gasteiger partial charge < -0.3 is 20.7 Å². The zero-order valence-electron chi connectivity index (χ0n) is 11.9. The van der Waals surface area contributed by atoms with Crippen molar-refractivity contribution in [3.8, 4) is 0 Å². The van der Waals surface area contributed by atoms with E-state index in [1.807, 2.05) is 13.8 Å². The Bertz CT molecular complexity index is 310. The minimum Gasteiger partial charge on any atom is -0.377 e. The molecule has 1 fully saturated rings. The first-order chi connectivity index (χ1) is 9.15. The number of likely N-dealkylation sites (N-methyl/N-ethyl adjacent to an activating group) is 1. The Morgan fingerprint density at radius 1 is 1.47 bits per heavy atom. The fourth-order valence-electron chi connectivity index (χ4n) is 2.30. The van der Waals surface area contributed by atoms with E-state index < -0.39 is 6.04 Å². The van der Waals surface area contributed by atoms with Gasteiger partial charge in [0.25, 0.3) is 0 Å². The first-order valence-electron chi connectivity index (χ1n) is 7.01. The van der Waals surface area contributed by atoms with Gasteiger partial charge in [0, 0.05) is 19.6 Å². The summed E-state index contributed by atoms with van der Waals surface area (Å²) in [6.07, 6.45) is 1.67. The van der Waals surface area contributed by atoms with Gasteiger partial charge in [0.05, 0.1) is 19.1 Å². The zero-order valence-corrected chi connectivity index (χ0v) is 11.9. The lowest BCUT2D eigenvalue weighted by Crippen LogP contribution is -2.57. The van der Waals surface area contributed by atoms with Crippen LogP contribution in [0.2, 0.25) is 0 Å². The highest BCUT2D eigenvalue weighted by molar-refractivity contribution is 5.89. The number of nitrogens with zero attached hydrogens (tertiary/aromatic N) is 1. The zero-order chi connectivity index (χ0) is 14.3. The van der Waals surface area contributed by atoms with Crippen LogP contribution in [0.5, 0.6) is 0 Å². The van der Waals surface area contributed by atoms with Crippen molar-refractivity contribution >= 4 is 11.8 Å².